The molecule has 7 heteroatoms. The van der Waals surface area contributed by atoms with Gasteiger partial charge in [-0.25, -0.2) is 4.98 Å². The number of nitrogens with zero attached hydrogens (tertiary/aromatic N) is 4. The number of likely N-dealkylation sites (N-methyl/N-ethyl adjacent to an activating group) is 1. The first kappa shape index (κ1) is 19.9. The van der Waals surface area contributed by atoms with E-state index in [1.54, 1.807) is 6.20 Å². The number of aryl methyl sites for hydroxylation is 1. The molecule has 1 aromatic carbocycles. The Balaban J connectivity index is 1.23. The van der Waals surface area contributed by atoms with Gasteiger partial charge < -0.3 is 18.9 Å². The summed E-state index contributed by atoms with van der Waals surface area (Å²) >= 11 is 0. The normalized spacial score (nSPS) is 19.6. The molecule has 0 aliphatic carbocycles. The fourth-order valence-electron chi connectivity index (χ4n) is 4.16. The number of carbonyl (C=O) groups is 1. The molecule has 156 valence electrons. The predicted octanol–water partition coefficient (Wildman–Crippen LogP) is 2.18. The van der Waals surface area contributed by atoms with Crippen LogP contribution in [0.25, 0.3) is 0 Å². The molecule has 2 aliphatic rings. The number of likely N-dealkylation sites (tertiary alicyclic amines) is 1. The third-order valence-corrected chi connectivity index (χ3v) is 5.91. The molecule has 0 bridgehead atoms. The summed E-state index contributed by atoms with van der Waals surface area (Å²) in [6.07, 6.45) is 8.48. The Morgan fingerprint density at radius 3 is 2.90 bits per heavy atom. The second-order valence-corrected chi connectivity index (χ2v) is 8.15. The van der Waals surface area contributed by atoms with Gasteiger partial charge in [-0.3, -0.25) is 9.69 Å². The molecule has 1 amide bonds. The first-order chi connectivity index (χ1) is 14.1. The number of morpholine rings is 1. The monoisotopic (exact) mass is 398 g/mol. The average Bonchev–Trinajstić information content (AvgIpc) is 3.24. The van der Waals surface area contributed by atoms with Gasteiger partial charge in [-0.1, -0.05) is 12.1 Å². The maximum absolute atomic E-state index is 11.7. The Bertz CT molecular complexity index is 800. The van der Waals surface area contributed by atoms with E-state index in [1.807, 2.05) is 30.5 Å². The fraction of sp³-hybridized carbons (Fsp3) is 0.545. The molecule has 29 heavy (non-hydrogen) atoms. The van der Waals surface area contributed by atoms with Crippen LogP contribution in [0, 0.1) is 0 Å². The van der Waals surface area contributed by atoms with Crippen LogP contribution in [0.15, 0.2) is 43.0 Å². The summed E-state index contributed by atoms with van der Waals surface area (Å²) in [7, 11) is 1.87. The molecule has 7 nitrogen and oxygen atoms in total. The first-order valence-corrected chi connectivity index (χ1v) is 10.4. The number of aromatic nitrogens is 2. The molecule has 2 aromatic rings. The predicted molar refractivity (Wildman–Crippen MR) is 110 cm³/mol. The highest BCUT2D eigenvalue weighted by Gasteiger charge is 2.41. The number of amides is 1. The quantitative estimate of drug-likeness (QED) is 0.669. The van der Waals surface area contributed by atoms with E-state index in [-0.39, 0.29) is 18.1 Å². The second kappa shape index (κ2) is 8.97. The summed E-state index contributed by atoms with van der Waals surface area (Å²) in [6, 6.07) is 8.39. The molecule has 2 saturated heterocycles. The van der Waals surface area contributed by atoms with Crippen molar-refractivity contribution in [2.75, 3.05) is 39.9 Å². The number of ether oxygens (including phenoxy) is 2. The summed E-state index contributed by atoms with van der Waals surface area (Å²) in [5.41, 5.74) is 1.12. The van der Waals surface area contributed by atoms with Crippen LogP contribution < -0.4 is 4.74 Å². The summed E-state index contributed by atoms with van der Waals surface area (Å²) in [6.45, 7) is 5.42. The SMILES string of the molecule is CN1CC2(CCN(Cc3cccc(OCCCn4ccnc4)c3)CC2)OCC1=O. The number of piperidine rings is 1. The van der Waals surface area contributed by atoms with Gasteiger partial charge in [0, 0.05) is 52.2 Å². The Labute approximate surface area is 172 Å². The molecular weight excluding hydrogens is 368 g/mol. The van der Waals surface area contributed by atoms with Crippen LogP contribution in [0.4, 0.5) is 0 Å². The molecule has 1 spiro atoms. The number of rotatable bonds is 7. The highest BCUT2D eigenvalue weighted by molar-refractivity contribution is 5.78. The molecule has 0 saturated carbocycles. The van der Waals surface area contributed by atoms with E-state index in [4.69, 9.17) is 9.47 Å². The van der Waals surface area contributed by atoms with Crippen LogP contribution >= 0.6 is 0 Å². The molecule has 2 aliphatic heterocycles. The van der Waals surface area contributed by atoms with Crippen molar-refractivity contribution in [2.24, 2.45) is 0 Å². The minimum Gasteiger partial charge on any atom is -0.494 e. The van der Waals surface area contributed by atoms with E-state index in [9.17, 15) is 4.79 Å². The standard InChI is InChI=1S/C22H30N4O3/c1-24-17-22(29-16-21(24)27)6-10-25(11-7-22)15-19-4-2-5-20(14-19)28-13-3-9-26-12-8-23-18-26/h2,4-5,8,12,14,18H,3,6-7,9-11,13,15-17H2,1H3. The Morgan fingerprint density at radius 2 is 2.14 bits per heavy atom. The average molecular weight is 399 g/mol. The van der Waals surface area contributed by atoms with Crippen molar-refractivity contribution in [1.29, 1.82) is 0 Å². The van der Waals surface area contributed by atoms with Crippen molar-refractivity contribution in [3.05, 3.63) is 48.5 Å². The van der Waals surface area contributed by atoms with Crippen molar-refractivity contribution < 1.29 is 14.3 Å². The Hall–Kier alpha value is -2.38. The van der Waals surface area contributed by atoms with E-state index < -0.39 is 0 Å². The fourth-order valence-corrected chi connectivity index (χ4v) is 4.16. The van der Waals surface area contributed by atoms with Gasteiger partial charge in [0.15, 0.2) is 0 Å². The zero-order valence-corrected chi connectivity index (χ0v) is 17.1. The summed E-state index contributed by atoms with van der Waals surface area (Å²) < 4.78 is 13.9. The summed E-state index contributed by atoms with van der Waals surface area (Å²) in [5, 5.41) is 0. The van der Waals surface area contributed by atoms with Crippen LogP contribution in [-0.4, -0.2) is 70.8 Å². The smallest absolute Gasteiger partial charge is 0.248 e. The van der Waals surface area contributed by atoms with E-state index in [0.717, 1.165) is 51.2 Å². The van der Waals surface area contributed by atoms with Crippen molar-refractivity contribution >= 4 is 5.91 Å². The van der Waals surface area contributed by atoms with Gasteiger partial charge in [0.2, 0.25) is 5.91 Å². The van der Waals surface area contributed by atoms with Gasteiger partial charge in [0.25, 0.3) is 0 Å². The van der Waals surface area contributed by atoms with Crippen molar-refractivity contribution in [3.8, 4) is 5.75 Å². The topological polar surface area (TPSA) is 59.8 Å². The number of imidazole rings is 1. The lowest BCUT2D eigenvalue weighted by molar-refractivity contribution is -0.169. The minimum atomic E-state index is -0.153. The van der Waals surface area contributed by atoms with Gasteiger partial charge in [-0.05, 0) is 37.0 Å². The molecule has 1 aromatic heterocycles. The molecule has 4 rings (SSSR count). The molecule has 0 N–H and O–H groups in total. The zero-order chi connectivity index (χ0) is 20.1. The lowest BCUT2D eigenvalue weighted by Crippen LogP contribution is -2.57. The van der Waals surface area contributed by atoms with E-state index in [2.05, 4.69) is 32.7 Å². The zero-order valence-electron chi connectivity index (χ0n) is 17.1. The second-order valence-electron chi connectivity index (χ2n) is 8.15. The first-order valence-electron chi connectivity index (χ1n) is 10.4. The summed E-state index contributed by atoms with van der Waals surface area (Å²) in [4.78, 5) is 20.0. The van der Waals surface area contributed by atoms with E-state index in [1.165, 1.54) is 5.56 Å². The van der Waals surface area contributed by atoms with Gasteiger partial charge in [-0.15, -0.1) is 0 Å². The number of carbonyl (C=O) groups excluding carboxylic acids is 1. The molecule has 0 radical (unpaired) electrons. The number of hydrogen-bond acceptors (Lipinski definition) is 5. The maximum Gasteiger partial charge on any atom is 0.248 e. The van der Waals surface area contributed by atoms with Crippen LogP contribution in [0.2, 0.25) is 0 Å². The van der Waals surface area contributed by atoms with Gasteiger partial charge >= 0.3 is 0 Å². The van der Waals surface area contributed by atoms with E-state index >= 15 is 0 Å². The van der Waals surface area contributed by atoms with Gasteiger partial charge in [-0.2, -0.15) is 0 Å². The third kappa shape index (κ3) is 5.16. The lowest BCUT2D eigenvalue weighted by Gasteiger charge is -2.46. The molecule has 2 fully saturated rings. The largest absolute Gasteiger partial charge is 0.494 e. The van der Waals surface area contributed by atoms with Crippen molar-refractivity contribution in [2.45, 2.75) is 38.0 Å². The van der Waals surface area contributed by atoms with E-state index in [0.29, 0.717) is 13.2 Å². The molecular formula is C22H30N4O3. The minimum absolute atomic E-state index is 0.0832. The maximum atomic E-state index is 11.7. The lowest BCUT2D eigenvalue weighted by atomic mass is 9.89. The molecule has 0 unspecified atom stereocenters. The Kier molecular flexibility index (Phi) is 6.16. The van der Waals surface area contributed by atoms with Gasteiger partial charge in [0.05, 0.1) is 18.5 Å². The number of hydrogen-bond donors (Lipinski definition) is 0. The van der Waals surface area contributed by atoms with Crippen LogP contribution in [0.3, 0.4) is 0 Å². The van der Waals surface area contributed by atoms with Crippen molar-refractivity contribution in [1.82, 2.24) is 19.4 Å². The van der Waals surface area contributed by atoms with Crippen LogP contribution in [0.5, 0.6) is 5.75 Å². The van der Waals surface area contributed by atoms with Crippen molar-refractivity contribution in [3.63, 3.8) is 0 Å². The molecule has 3 heterocycles. The van der Waals surface area contributed by atoms with Crippen LogP contribution in [-0.2, 0) is 22.6 Å². The Morgan fingerprint density at radius 1 is 1.28 bits per heavy atom. The third-order valence-electron chi connectivity index (χ3n) is 5.91. The van der Waals surface area contributed by atoms with Gasteiger partial charge in [0.1, 0.15) is 12.4 Å². The summed E-state index contributed by atoms with van der Waals surface area (Å²) in [5.74, 6) is 1.01. The van der Waals surface area contributed by atoms with Crippen LogP contribution in [0.1, 0.15) is 24.8 Å². The molecule has 0 atom stereocenters. The number of benzene rings is 1. The highest BCUT2D eigenvalue weighted by atomic mass is 16.5. The highest BCUT2D eigenvalue weighted by Crippen LogP contribution is 2.30.